The van der Waals surface area contributed by atoms with E-state index in [1.54, 1.807) is 25.3 Å². The molecule has 126 valence electrons. The molecule has 1 amide bonds. The summed E-state index contributed by atoms with van der Waals surface area (Å²) in [6, 6.07) is 5.16. The van der Waals surface area contributed by atoms with Crippen molar-refractivity contribution in [3.05, 3.63) is 28.4 Å². The van der Waals surface area contributed by atoms with Crippen molar-refractivity contribution in [3.8, 4) is 5.75 Å². The molecule has 1 unspecified atom stereocenters. The van der Waals surface area contributed by atoms with Gasteiger partial charge in [-0.3, -0.25) is 4.79 Å². The average Bonchev–Trinajstić information content (AvgIpc) is 2.84. The molecule has 0 aliphatic rings. The van der Waals surface area contributed by atoms with Crippen molar-refractivity contribution in [2.45, 2.75) is 33.3 Å². The van der Waals surface area contributed by atoms with Crippen LogP contribution in [0.3, 0.4) is 0 Å². The highest BCUT2D eigenvalue weighted by atomic mass is 79.9. The molecule has 6 heteroatoms. The molecule has 2 N–H and O–H groups in total. The fourth-order valence-electron chi connectivity index (χ4n) is 2.23. The van der Waals surface area contributed by atoms with Crippen LogP contribution < -0.4 is 10.1 Å². The number of hydrogen-bond donors (Lipinski definition) is 2. The van der Waals surface area contributed by atoms with Gasteiger partial charge in [0.25, 0.3) is 5.91 Å². The molecule has 1 aromatic carbocycles. The Morgan fingerprint density at radius 3 is 2.70 bits per heavy atom. The zero-order chi connectivity index (χ0) is 17.2. The first-order chi connectivity index (χ1) is 10.7. The number of benzene rings is 1. The highest BCUT2D eigenvalue weighted by molar-refractivity contribution is 9.10. The Balaban J connectivity index is 2.09. The molecule has 0 radical (unpaired) electrons. The number of methoxy groups -OCH3 is 1. The van der Waals surface area contributed by atoms with Gasteiger partial charge >= 0.3 is 0 Å². The Hall–Kier alpha value is -1.53. The van der Waals surface area contributed by atoms with E-state index in [-0.39, 0.29) is 11.3 Å². The third kappa shape index (κ3) is 4.26. The molecule has 1 heterocycles. The van der Waals surface area contributed by atoms with E-state index in [0.29, 0.717) is 34.5 Å². The highest BCUT2D eigenvalue weighted by Gasteiger charge is 2.22. The molecule has 0 spiro atoms. The lowest BCUT2D eigenvalue weighted by Crippen LogP contribution is -2.32. The monoisotopic (exact) mass is 383 g/mol. The van der Waals surface area contributed by atoms with Gasteiger partial charge in [-0.25, -0.2) is 0 Å². The van der Waals surface area contributed by atoms with Gasteiger partial charge < -0.3 is 19.6 Å². The van der Waals surface area contributed by atoms with Crippen molar-refractivity contribution in [1.82, 2.24) is 5.32 Å². The van der Waals surface area contributed by atoms with Gasteiger partial charge in [0.05, 0.1) is 18.6 Å². The maximum absolute atomic E-state index is 12.3. The number of hydrogen-bond acceptors (Lipinski definition) is 4. The van der Waals surface area contributed by atoms with Gasteiger partial charge in [0.1, 0.15) is 11.3 Å². The second-order valence-electron chi connectivity index (χ2n) is 6.57. The maximum atomic E-state index is 12.3. The van der Waals surface area contributed by atoms with E-state index >= 15 is 0 Å². The van der Waals surface area contributed by atoms with Crippen LogP contribution in [0.25, 0.3) is 11.0 Å². The van der Waals surface area contributed by atoms with E-state index in [0.717, 1.165) is 5.39 Å². The van der Waals surface area contributed by atoms with Crippen LogP contribution in [0.1, 0.15) is 37.6 Å². The van der Waals surface area contributed by atoms with Gasteiger partial charge in [-0.2, -0.15) is 0 Å². The average molecular weight is 384 g/mol. The van der Waals surface area contributed by atoms with Gasteiger partial charge in [0, 0.05) is 18.2 Å². The molecule has 0 fully saturated rings. The molecule has 23 heavy (non-hydrogen) atoms. The van der Waals surface area contributed by atoms with Crippen molar-refractivity contribution in [1.29, 1.82) is 0 Å². The lowest BCUT2D eigenvalue weighted by atomic mass is 9.87. The molecule has 1 aromatic heterocycles. The predicted molar refractivity (Wildman–Crippen MR) is 92.9 cm³/mol. The SMILES string of the molecule is COc1cc(C(=O)NCCC(O)C(C)(C)C)cc2oc(Br)cc12. The molecule has 0 bridgehead atoms. The van der Waals surface area contributed by atoms with Gasteiger partial charge in [-0.1, -0.05) is 20.8 Å². The largest absolute Gasteiger partial charge is 0.496 e. The zero-order valence-electron chi connectivity index (χ0n) is 13.8. The second-order valence-corrected chi connectivity index (χ2v) is 7.35. The van der Waals surface area contributed by atoms with E-state index in [4.69, 9.17) is 9.15 Å². The fourth-order valence-corrected chi connectivity index (χ4v) is 2.64. The van der Waals surface area contributed by atoms with Gasteiger partial charge in [-0.15, -0.1) is 0 Å². The van der Waals surface area contributed by atoms with Gasteiger partial charge in [0.15, 0.2) is 4.67 Å². The Labute approximate surface area is 144 Å². The van der Waals surface area contributed by atoms with Crippen molar-refractivity contribution in [2.24, 2.45) is 5.41 Å². The number of amides is 1. The molecular formula is C17H22BrNO4. The number of fused-ring (bicyclic) bond motifs is 1. The molecule has 2 aromatic rings. The summed E-state index contributed by atoms with van der Waals surface area (Å²) < 4.78 is 11.4. The highest BCUT2D eigenvalue weighted by Crippen LogP contribution is 2.32. The van der Waals surface area contributed by atoms with Crippen LogP contribution in [0.2, 0.25) is 0 Å². The first-order valence-corrected chi connectivity index (χ1v) is 8.25. The van der Waals surface area contributed by atoms with Crippen LogP contribution >= 0.6 is 15.9 Å². The number of ether oxygens (including phenoxy) is 1. The third-order valence-electron chi connectivity index (χ3n) is 3.75. The molecule has 1 atom stereocenters. The predicted octanol–water partition coefficient (Wildman–Crippen LogP) is 3.73. The summed E-state index contributed by atoms with van der Waals surface area (Å²) in [4.78, 5) is 12.3. The van der Waals surface area contributed by atoms with Crippen LogP contribution in [0.5, 0.6) is 5.75 Å². The minimum absolute atomic E-state index is 0.201. The first-order valence-electron chi connectivity index (χ1n) is 7.45. The van der Waals surface area contributed by atoms with E-state index in [1.807, 2.05) is 20.8 Å². The van der Waals surface area contributed by atoms with Gasteiger partial charge in [-0.05, 0) is 39.9 Å². The molecule has 5 nitrogen and oxygen atoms in total. The molecule has 0 saturated heterocycles. The molecular weight excluding hydrogens is 362 g/mol. The van der Waals surface area contributed by atoms with Crippen LogP contribution in [0, 0.1) is 5.41 Å². The van der Waals surface area contributed by atoms with E-state index in [2.05, 4.69) is 21.2 Å². The number of carbonyl (C=O) groups is 1. The molecule has 0 aliphatic carbocycles. The Bertz CT molecular complexity index is 702. The standard InChI is InChI=1S/C17H22BrNO4/c1-17(2,3)14(20)5-6-19-16(21)10-7-12(22-4)11-9-15(18)23-13(11)8-10/h7-9,14,20H,5-6H2,1-4H3,(H,19,21). The summed E-state index contributed by atoms with van der Waals surface area (Å²) >= 11 is 3.28. The minimum Gasteiger partial charge on any atom is -0.496 e. The number of carbonyl (C=O) groups excluding carboxylic acids is 1. The fraction of sp³-hybridized carbons (Fsp3) is 0.471. The summed E-state index contributed by atoms with van der Waals surface area (Å²) in [5.41, 5.74) is 0.838. The molecule has 2 rings (SSSR count). The minimum atomic E-state index is -0.471. The van der Waals surface area contributed by atoms with E-state index < -0.39 is 6.10 Å². The maximum Gasteiger partial charge on any atom is 0.251 e. The van der Waals surface area contributed by atoms with Gasteiger partial charge in [0.2, 0.25) is 0 Å². The number of rotatable bonds is 5. The summed E-state index contributed by atoms with van der Waals surface area (Å²) in [6.45, 7) is 6.30. The molecule has 0 aliphatic heterocycles. The quantitative estimate of drug-likeness (QED) is 0.824. The normalized spacial score (nSPS) is 13.1. The number of halogens is 1. The van der Waals surface area contributed by atoms with E-state index in [9.17, 15) is 9.90 Å². The second kappa shape index (κ2) is 6.93. The summed E-state index contributed by atoms with van der Waals surface area (Å²) in [6.07, 6.45) is 0.0295. The zero-order valence-corrected chi connectivity index (χ0v) is 15.4. The van der Waals surface area contributed by atoms with Crippen LogP contribution in [0.4, 0.5) is 0 Å². The van der Waals surface area contributed by atoms with Crippen molar-refractivity contribution in [3.63, 3.8) is 0 Å². The van der Waals surface area contributed by atoms with Crippen LogP contribution in [0.15, 0.2) is 27.3 Å². The van der Waals surface area contributed by atoms with Crippen molar-refractivity contribution < 1.29 is 19.1 Å². The van der Waals surface area contributed by atoms with Crippen LogP contribution in [-0.2, 0) is 0 Å². The van der Waals surface area contributed by atoms with E-state index in [1.165, 1.54) is 0 Å². The number of aliphatic hydroxyl groups is 1. The Kier molecular flexibility index (Phi) is 5.37. The summed E-state index contributed by atoms with van der Waals surface area (Å²) in [5.74, 6) is 0.357. The number of nitrogens with one attached hydrogen (secondary N) is 1. The Morgan fingerprint density at radius 1 is 1.39 bits per heavy atom. The topological polar surface area (TPSA) is 71.7 Å². The Morgan fingerprint density at radius 2 is 2.09 bits per heavy atom. The van der Waals surface area contributed by atoms with Crippen LogP contribution in [-0.4, -0.2) is 30.8 Å². The third-order valence-corrected chi connectivity index (χ3v) is 4.15. The van der Waals surface area contributed by atoms with Crippen molar-refractivity contribution in [2.75, 3.05) is 13.7 Å². The first kappa shape index (κ1) is 17.8. The number of furan rings is 1. The smallest absolute Gasteiger partial charge is 0.251 e. The van der Waals surface area contributed by atoms with Crippen molar-refractivity contribution >= 4 is 32.8 Å². The summed E-state index contributed by atoms with van der Waals surface area (Å²) in [7, 11) is 1.55. The number of aliphatic hydroxyl groups excluding tert-OH is 1. The lowest BCUT2D eigenvalue weighted by Gasteiger charge is -2.25. The summed E-state index contributed by atoms with van der Waals surface area (Å²) in [5, 5.41) is 13.6. The molecule has 0 saturated carbocycles. The lowest BCUT2D eigenvalue weighted by molar-refractivity contribution is 0.0551.